The summed E-state index contributed by atoms with van der Waals surface area (Å²) in [7, 11) is -2.23. The molecular weight excluding hydrogens is 404 g/mol. The van der Waals surface area contributed by atoms with Crippen LogP contribution >= 0.6 is 0 Å². The van der Waals surface area contributed by atoms with Gasteiger partial charge in [0.25, 0.3) is 15.9 Å². The smallest absolute Gasteiger partial charge is 0.289 e. The zero-order valence-corrected chi connectivity index (χ0v) is 17.5. The number of anilines is 1. The molecule has 1 aromatic heterocycles. The summed E-state index contributed by atoms with van der Waals surface area (Å²) < 4.78 is 38.8. The fourth-order valence-corrected chi connectivity index (χ4v) is 4.89. The van der Waals surface area contributed by atoms with E-state index >= 15 is 0 Å². The molecule has 8 heteroatoms. The van der Waals surface area contributed by atoms with Gasteiger partial charge in [-0.1, -0.05) is 6.07 Å². The Hall–Kier alpha value is -3.26. The van der Waals surface area contributed by atoms with Crippen LogP contribution in [0.5, 0.6) is 5.75 Å². The Balaban J connectivity index is 1.56. The number of hydrogen-bond acceptors (Lipinski definition) is 5. The van der Waals surface area contributed by atoms with Gasteiger partial charge in [-0.2, -0.15) is 0 Å². The van der Waals surface area contributed by atoms with Crippen molar-refractivity contribution in [1.29, 1.82) is 0 Å². The van der Waals surface area contributed by atoms with E-state index in [2.05, 4.69) is 4.72 Å². The number of hydrogen-bond donors (Lipinski definition) is 1. The third kappa shape index (κ3) is 3.91. The van der Waals surface area contributed by atoms with E-state index in [0.717, 1.165) is 11.1 Å². The molecule has 0 radical (unpaired) electrons. The van der Waals surface area contributed by atoms with Gasteiger partial charge in [0.05, 0.1) is 18.3 Å². The molecule has 1 aliphatic heterocycles. The van der Waals surface area contributed by atoms with Gasteiger partial charge in [0.2, 0.25) is 0 Å². The Labute approximate surface area is 175 Å². The van der Waals surface area contributed by atoms with Gasteiger partial charge >= 0.3 is 0 Å². The molecule has 1 N–H and O–H groups in total. The van der Waals surface area contributed by atoms with Crippen LogP contribution in [-0.2, 0) is 23.0 Å². The van der Waals surface area contributed by atoms with Crippen molar-refractivity contribution in [1.82, 2.24) is 4.90 Å². The Kier molecular flexibility index (Phi) is 5.26. The SMILES string of the molecule is COc1ccc(S(=O)(=O)Nc2ccc3c(c2)CN(C(=O)c2ccco2)CC3)c(C)c1. The van der Waals surface area contributed by atoms with Crippen molar-refractivity contribution in [2.24, 2.45) is 0 Å². The van der Waals surface area contributed by atoms with Gasteiger partial charge in [0.1, 0.15) is 5.75 Å². The second-order valence-electron chi connectivity index (χ2n) is 7.17. The van der Waals surface area contributed by atoms with E-state index in [4.69, 9.17) is 9.15 Å². The third-order valence-corrected chi connectivity index (χ3v) is 6.70. The molecule has 0 bridgehead atoms. The fourth-order valence-electron chi connectivity index (χ4n) is 3.61. The first kappa shape index (κ1) is 20.0. The molecule has 0 saturated carbocycles. The molecule has 1 amide bonds. The predicted molar refractivity (Wildman–Crippen MR) is 112 cm³/mol. The molecule has 0 saturated heterocycles. The van der Waals surface area contributed by atoms with E-state index < -0.39 is 10.0 Å². The number of furan rings is 1. The van der Waals surface area contributed by atoms with Gasteiger partial charge in [-0.25, -0.2) is 8.42 Å². The number of amides is 1. The Bertz CT molecular complexity index is 1190. The molecule has 0 fully saturated rings. The van der Waals surface area contributed by atoms with Crippen molar-refractivity contribution in [2.75, 3.05) is 18.4 Å². The van der Waals surface area contributed by atoms with Crippen molar-refractivity contribution < 1.29 is 22.4 Å². The molecule has 2 heterocycles. The molecular formula is C22H22N2O5S. The highest BCUT2D eigenvalue weighted by Gasteiger charge is 2.24. The summed E-state index contributed by atoms with van der Waals surface area (Å²) in [6.45, 7) is 2.71. The van der Waals surface area contributed by atoms with Crippen LogP contribution in [0.25, 0.3) is 0 Å². The number of carbonyl (C=O) groups excluding carboxylic acids is 1. The summed E-state index contributed by atoms with van der Waals surface area (Å²) in [4.78, 5) is 14.5. The molecule has 2 aromatic carbocycles. The van der Waals surface area contributed by atoms with Crippen LogP contribution in [0.4, 0.5) is 5.69 Å². The van der Waals surface area contributed by atoms with Crippen LogP contribution in [-0.4, -0.2) is 32.9 Å². The lowest BCUT2D eigenvalue weighted by molar-refractivity contribution is 0.0702. The molecule has 4 rings (SSSR count). The number of sulfonamides is 1. The van der Waals surface area contributed by atoms with Crippen molar-refractivity contribution in [3.8, 4) is 5.75 Å². The number of methoxy groups -OCH3 is 1. The maximum Gasteiger partial charge on any atom is 0.289 e. The summed E-state index contributed by atoms with van der Waals surface area (Å²) in [6.07, 6.45) is 2.17. The van der Waals surface area contributed by atoms with Crippen molar-refractivity contribution in [2.45, 2.75) is 24.8 Å². The number of carbonyl (C=O) groups is 1. The molecule has 1 aliphatic rings. The zero-order chi connectivity index (χ0) is 21.3. The second-order valence-corrected chi connectivity index (χ2v) is 8.83. The van der Waals surface area contributed by atoms with Crippen molar-refractivity contribution in [3.05, 3.63) is 77.2 Å². The molecule has 0 unspecified atom stereocenters. The minimum atomic E-state index is -3.76. The van der Waals surface area contributed by atoms with Crippen LogP contribution in [0.1, 0.15) is 27.2 Å². The lowest BCUT2D eigenvalue weighted by Gasteiger charge is -2.28. The van der Waals surface area contributed by atoms with Crippen LogP contribution in [0.15, 0.2) is 64.1 Å². The number of aryl methyl sites for hydroxylation is 1. The minimum absolute atomic E-state index is 0.175. The largest absolute Gasteiger partial charge is 0.497 e. The van der Waals surface area contributed by atoms with Crippen LogP contribution < -0.4 is 9.46 Å². The maximum atomic E-state index is 12.9. The molecule has 0 aliphatic carbocycles. The molecule has 0 atom stereocenters. The minimum Gasteiger partial charge on any atom is -0.497 e. The number of benzene rings is 2. The third-order valence-electron chi connectivity index (χ3n) is 5.16. The van der Waals surface area contributed by atoms with E-state index in [1.165, 1.54) is 19.4 Å². The fraction of sp³-hybridized carbons (Fsp3) is 0.227. The van der Waals surface area contributed by atoms with Gasteiger partial charge in [0.15, 0.2) is 5.76 Å². The Morgan fingerprint density at radius 2 is 1.97 bits per heavy atom. The second kappa shape index (κ2) is 7.87. The first-order valence-electron chi connectivity index (χ1n) is 9.49. The molecule has 30 heavy (non-hydrogen) atoms. The number of nitrogens with zero attached hydrogens (tertiary/aromatic N) is 1. The average Bonchev–Trinajstić information content (AvgIpc) is 3.27. The number of rotatable bonds is 5. The highest BCUT2D eigenvalue weighted by molar-refractivity contribution is 7.92. The summed E-state index contributed by atoms with van der Waals surface area (Å²) >= 11 is 0. The van der Waals surface area contributed by atoms with E-state index in [0.29, 0.717) is 42.3 Å². The Morgan fingerprint density at radius 1 is 1.13 bits per heavy atom. The van der Waals surface area contributed by atoms with Crippen LogP contribution in [0, 0.1) is 6.92 Å². The first-order chi connectivity index (χ1) is 14.4. The van der Waals surface area contributed by atoms with Crippen molar-refractivity contribution >= 4 is 21.6 Å². The summed E-state index contributed by atoms with van der Waals surface area (Å²) in [5.41, 5.74) is 3.06. The van der Waals surface area contributed by atoms with Gasteiger partial charge in [0, 0.05) is 18.8 Å². The monoisotopic (exact) mass is 426 g/mol. The highest BCUT2D eigenvalue weighted by atomic mass is 32.2. The first-order valence-corrected chi connectivity index (χ1v) is 11.0. The Morgan fingerprint density at radius 3 is 2.67 bits per heavy atom. The molecule has 156 valence electrons. The number of fused-ring (bicyclic) bond motifs is 1. The van der Waals surface area contributed by atoms with E-state index in [1.807, 2.05) is 6.07 Å². The maximum absolute atomic E-state index is 12.9. The van der Waals surface area contributed by atoms with E-state index in [9.17, 15) is 13.2 Å². The highest BCUT2D eigenvalue weighted by Crippen LogP contribution is 2.27. The lowest BCUT2D eigenvalue weighted by Crippen LogP contribution is -2.35. The van der Waals surface area contributed by atoms with Gasteiger partial charge in [-0.05, 0) is 72.5 Å². The van der Waals surface area contributed by atoms with E-state index in [1.54, 1.807) is 48.2 Å². The lowest BCUT2D eigenvalue weighted by atomic mass is 9.99. The predicted octanol–water partition coefficient (Wildman–Crippen LogP) is 3.60. The summed E-state index contributed by atoms with van der Waals surface area (Å²) in [6, 6.07) is 13.6. The normalized spacial score (nSPS) is 13.6. The number of ether oxygens (including phenoxy) is 1. The van der Waals surface area contributed by atoms with E-state index in [-0.39, 0.29) is 10.8 Å². The molecule has 3 aromatic rings. The quantitative estimate of drug-likeness (QED) is 0.673. The standard InChI is InChI=1S/C22H22N2O5S/c1-15-12-19(28-2)7-8-21(15)30(26,27)23-18-6-5-16-9-10-24(14-17(16)13-18)22(25)20-4-3-11-29-20/h3-8,11-13,23H,9-10,14H2,1-2H3. The average molecular weight is 426 g/mol. The summed E-state index contributed by atoms with van der Waals surface area (Å²) in [5, 5.41) is 0. The van der Waals surface area contributed by atoms with Gasteiger partial charge < -0.3 is 14.1 Å². The van der Waals surface area contributed by atoms with Gasteiger partial charge in [-0.15, -0.1) is 0 Å². The summed E-state index contributed by atoms with van der Waals surface area (Å²) in [5.74, 6) is 0.720. The molecule has 0 spiro atoms. The van der Waals surface area contributed by atoms with Crippen molar-refractivity contribution in [3.63, 3.8) is 0 Å². The van der Waals surface area contributed by atoms with Crippen LogP contribution in [0.2, 0.25) is 0 Å². The molecule has 7 nitrogen and oxygen atoms in total. The van der Waals surface area contributed by atoms with Crippen LogP contribution in [0.3, 0.4) is 0 Å². The topological polar surface area (TPSA) is 88.9 Å². The van der Waals surface area contributed by atoms with Gasteiger partial charge in [-0.3, -0.25) is 9.52 Å². The zero-order valence-electron chi connectivity index (χ0n) is 16.7. The number of nitrogens with one attached hydrogen (secondary N) is 1.